The summed E-state index contributed by atoms with van der Waals surface area (Å²) in [6.07, 6.45) is -0.569. The van der Waals surface area contributed by atoms with E-state index in [1.54, 1.807) is 6.92 Å². The summed E-state index contributed by atoms with van der Waals surface area (Å²) in [4.78, 5) is 13.9. The third-order valence-electron chi connectivity index (χ3n) is 2.95. The molecule has 4 nitrogen and oxygen atoms in total. The van der Waals surface area contributed by atoms with Gasteiger partial charge in [-0.05, 0) is 39.8 Å². The SMILES string of the molecule is CCN(CC(=O)NC(C)C)c1cc(Br)ccc1C(C)O. The molecule has 1 aromatic carbocycles. The van der Waals surface area contributed by atoms with Gasteiger partial charge in [0.1, 0.15) is 0 Å². The molecule has 1 amide bonds. The van der Waals surface area contributed by atoms with Crippen molar-refractivity contribution in [2.75, 3.05) is 18.0 Å². The number of benzene rings is 1. The van der Waals surface area contributed by atoms with E-state index in [0.29, 0.717) is 6.54 Å². The van der Waals surface area contributed by atoms with Crippen LogP contribution in [0.25, 0.3) is 0 Å². The van der Waals surface area contributed by atoms with Gasteiger partial charge in [-0.15, -0.1) is 0 Å². The van der Waals surface area contributed by atoms with Crippen molar-refractivity contribution >= 4 is 27.5 Å². The van der Waals surface area contributed by atoms with Gasteiger partial charge in [-0.2, -0.15) is 0 Å². The summed E-state index contributed by atoms with van der Waals surface area (Å²) in [5.74, 6) is -0.0154. The van der Waals surface area contributed by atoms with Crippen LogP contribution in [0.5, 0.6) is 0 Å². The molecule has 1 rings (SSSR count). The number of aliphatic hydroxyl groups excluding tert-OH is 1. The smallest absolute Gasteiger partial charge is 0.239 e. The molecule has 2 N–H and O–H groups in total. The molecule has 1 atom stereocenters. The number of nitrogens with one attached hydrogen (secondary N) is 1. The Morgan fingerprint density at radius 1 is 1.40 bits per heavy atom. The highest BCUT2D eigenvalue weighted by atomic mass is 79.9. The summed E-state index contributed by atoms with van der Waals surface area (Å²) >= 11 is 3.44. The molecule has 112 valence electrons. The van der Waals surface area contributed by atoms with Crippen LogP contribution in [0.15, 0.2) is 22.7 Å². The number of rotatable bonds is 6. The molecule has 0 radical (unpaired) electrons. The number of anilines is 1. The van der Waals surface area contributed by atoms with Gasteiger partial charge in [0.25, 0.3) is 0 Å². The highest BCUT2D eigenvalue weighted by molar-refractivity contribution is 9.10. The average Bonchev–Trinajstić information content (AvgIpc) is 2.34. The van der Waals surface area contributed by atoms with E-state index in [1.165, 1.54) is 0 Å². The number of carbonyl (C=O) groups excluding carboxylic acids is 1. The van der Waals surface area contributed by atoms with Gasteiger partial charge in [0.05, 0.1) is 12.6 Å². The molecule has 1 aromatic rings. The second kappa shape index (κ2) is 7.64. The highest BCUT2D eigenvalue weighted by Crippen LogP contribution is 2.29. The van der Waals surface area contributed by atoms with Crippen LogP contribution in [0.4, 0.5) is 5.69 Å². The van der Waals surface area contributed by atoms with Gasteiger partial charge in [-0.25, -0.2) is 0 Å². The molecule has 1 unspecified atom stereocenters. The number of aliphatic hydroxyl groups is 1. The van der Waals surface area contributed by atoms with Crippen LogP contribution >= 0.6 is 15.9 Å². The molecule has 20 heavy (non-hydrogen) atoms. The fourth-order valence-corrected chi connectivity index (χ4v) is 2.40. The average molecular weight is 343 g/mol. The van der Waals surface area contributed by atoms with Gasteiger partial charge in [0.2, 0.25) is 5.91 Å². The number of amides is 1. The zero-order chi connectivity index (χ0) is 15.3. The van der Waals surface area contributed by atoms with Crippen molar-refractivity contribution < 1.29 is 9.90 Å². The van der Waals surface area contributed by atoms with Crippen molar-refractivity contribution in [2.24, 2.45) is 0 Å². The quantitative estimate of drug-likeness (QED) is 0.835. The van der Waals surface area contributed by atoms with Gasteiger partial charge in [0, 0.05) is 28.3 Å². The molecule has 0 aromatic heterocycles. The lowest BCUT2D eigenvalue weighted by atomic mass is 10.1. The molecule has 0 aliphatic carbocycles. The van der Waals surface area contributed by atoms with Crippen LogP contribution in [-0.4, -0.2) is 30.1 Å². The van der Waals surface area contributed by atoms with E-state index < -0.39 is 6.10 Å². The summed E-state index contributed by atoms with van der Waals surface area (Å²) in [5.41, 5.74) is 1.71. The lowest BCUT2D eigenvalue weighted by Crippen LogP contribution is -2.40. The molecule has 0 aliphatic rings. The molecule has 0 saturated carbocycles. The van der Waals surface area contributed by atoms with E-state index in [2.05, 4.69) is 21.2 Å². The van der Waals surface area contributed by atoms with Crippen LogP contribution in [0.1, 0.15) is 39.4 Å². The lowest BCUT2D eigenvalue weighted by Gasteiger charge is -2.26. The predicted molar refractivity (Wildman–Crippen MR) is 85.9 cm³/mol. The van der Waals surface area contributed by atoms with Crippen LogP contribution < -0.4 is 10.2 Å². The molecular formula is C15H23BrN2O2. The summed E-state index contributed by atoms with van der Waals surface area (Å²) < 4.78 is 0.930. The third kappa shape index (κ3) is 4.80. The molecule has 0 saturated heterocycles. The minimum absolute atomic E-state index is 0.0154. The number of hydrogen-bond donors (Lipinski definition) is 2. The maximum Gasteiger partial charge on any atom is 0.239 e. The predicted octanol–water partition coefficient (Wildman–Crippen LogP) is 2.85. The Labute approximate surface area is 129 Å². The lowest BCUT2D eigenvalue weighted by molar-refractivity contribution is -0.120. The minimum atomic E-state index is -0.569. The second-order valence-electron chi connectivity index (χ2n) is 5.12. The van der Waals surface area contributed by atoms with Crippen molar-refractivity contribution in [3.05, 3.63) is 28.2 Å². The van der Waals surface area contributed by atoms with E-state index in [1.807, 2.05) is 43.9 Å². The first-order valence-corrected chi connectivity index (χ1v) is 7.66. The molecule has 0 bridgehead atoms. The minimum Gasteiger partial charge on any atom is -0.389 e. The van der Waals surface area contributed by atoms with E-state index in [0.717, 1.165) is 15.7 Å². The zero-order valence-corrected chi connectivity index (χ0v) is 14.1. The normalized spacial score (nSPS) is 12.3. The molecule has 5 heteroatoms. The van der Waals surface area contributed by atoms with Crippen molar-refractivity contribution in [3.63, 3.8) is 0 Å². The fourth-order valence-electron chi connectivity index (χ4n) is 2.05. The molecule has 0 spiro atoms. The molecule has 0 aliphatic heterocycles. The number of likely N-dealkylation sites (N-methyl/N-ethyl adjacent to an activating group) is 1. The van der Waals surface area contributed by atoms with Crippen LogP contribution in [0, 0.1) is 0 Å². The van der Waals surface area contributed by atoms with E-state index in [-0.39, 0.29) is 18.5 Å². The maximum atomic E-state index is 11.9. The number of carbonyl (C=O) groups is 1. The van der Waals surface area contributed by atoms with E-state index >= 15 is 0 Å². The largest absolute Gasteiger partial charge is 0.389 e. The number of halogens is 1. The third-order valence-corrected chi connectivity index (χ3v) is 3.44. The summed E-state index contributed by atoms with van der Waals surface area (Å²) in [6.45, 7) is 8.58. The topological polar surface area (TPSA) is 52.6 Å². The first kappa shape index (κ1) is 17.0. The Balaban J connectivity index is 2.99. The Bertz CT molecular complexity index is 461. The van der Waals surface area contributed by atoms with Gasteiger partial charge in [-0.1, -0.05) is 22.0 Å². The Morgan fingerprint density at radius 2 is 2.05 bits per heavy atom. The van der Waals surface area contributed by atoms with Gasteiger partial charge in [-0.3, -0.25) is 4.79 Å². The molecular weight excluding hydrogens is 320 g/mol. The number of nitrogens with zero attached hydrogens (tertiary/aromatic N) is 1. The maximum absolute atomic E-state index is 11.9. The first-order chi connectivity index (χ1) is 9.35. The van der Waals surface area contributed by atoms with Gasteiger partial charge < -0.3 is 15.3 Å². The Kier molecular flexibility index (Phi) is 6.49. The van der Waals surface area contributed by atoms with Crippen LogP contribution in [0.3, 0.4) is 0 Å². The highest BCUT2D eigenvalue weighted by Gasteiger charge is 2.16. The summed E-state index contributed by atoms with van der Waals surface area (Å²) in [7, 11) is 0. The summed E-state index contributed by atoms with van der Waals surface area (Å²) in [5, 5.41) is 12.8. The van der Waals surface area contributed by atoms with Gasteiger partial charge in [0.15, 0.2) is 0 Å². The van der Waals surface area contributed by atoms with Crippen molar-refractivity contribution in [1.29, 1.82) is 0 Å². The van der Waals surface area contributed by atoms with Crippen LogP contribution in [0.2, 0.25) is 0 Å². The summed E-state index contributed by atoms with van der Waals surface area (Å²) in [6, 6.07) is 5.84. The number of hydrogen-bond acceptors (Lipinski definition) is 3. The van der Waals surface area contributed by atoms with Gasteiger partial charge >= 0.3 is 0 Å². The fraction of sp³-hybridized carbons (Fsp3) is 0.533. The Morgan fingerprint density at radius 3 is 2.55 bits per heavy atom. The van der Waals surface area contributed by atoms with E-state index in [9.17, 15) is 9.90 Å². The van der Waals surface area contributed by atoms with E-state index in [4.69, 9.17) is 0 Å². The van der Waals surface area contributed by atoms with Crippen molar-refractivity contribution in [1.82, 2.24) is 5.32 Å². The Hall–Kier alpha value is -1.07. The van der Waals surface area contributed by atoms with Crippen LogP contribution in [-0.2, 0) is 4.79 Å². The van der Waals surface area contributed by atoms with Crippen molar-refractivity contribution in [2.45, 2.75) is 39.8 Å². The van der Waals surface area contributed by atoms with Crippen molar-refractivity contribution in [3.8, 4) is 0 Å². The molecule has 0 heterocycles. The standard InChI is InChI=1S/C15H23BrN2O2/c1-5-18(9-15(20)17-10(2)3)14-8-12(16)6-7-13(14)11(4)19/h6-8,10-11,19H,5,9H2,1-4H3,(H,17,20). The molecule has 0 fully saturated rings. The monoisotopic (exact) mass is 342 g/mol. The zero-order valence-electron chi connectivity index (χ0n) is 12.5. The first-order valence-electron chi connectivity index (χ1n) is 6.87. The second-order valence-corrected chi connectivity index (χ2v) is 6.03.